The molecule has 1 heterocycles. The Bertz CT molecular complexity index is 560. The van der Waals surface area contributed by atoms with Gasteiger partial charge in [-0.2, -0.15) is 0 Å². The normalized spacial score (nSPS) is 10.4. The molecule has 4 heteroatoms. The molecule has 1 amide bonds. The summed E-state index contributed by atoms with van der Waals surface area (Å²) in [5.41, 5.74) is 2.58. The molecule has 0 fully saturated rings. The van der Waals surface area contributed by atoms with E-state index in [1.807, 2.05) is 44.2 Å². The van der Waals surface area contributed by atoms with Crippen LogP contribution in [0.4, 0.5) is 0 Å². The summed E-state index contributed by atoms with van der Waals surface area (Å²) in [6.45, 7) is 4.25. The monoisotopic (exact) mass is 244 g/mol. The number of benzene rings is 1. The number of hydrogen-bond acceptors (Lipinski definition) is 3. The Kier molecular flexibility index (Phi) is 3.46. The summed E-state index contributed by atoms with van der Waals surface area (Å²) >= 11 is 0. The Hall–Kier alpha value is -2.10. The molecule has 4 nitrogen and oxygen atoms in total. The highest BCUT2D eigenvalue weighted by Gasteiger charge is 2.13. The van der Waals surface area contributed by atoms with Crippen LogP contribution in [-0.4, -0.2) is 23.0 Å². The van der Waals surface area contributed by atoms with Gasteiger partial charge in [0.15, 0.2) is 5.76 Å². The smallest absolute Gasteiger partial charge is 0.254 e. The number of hydrogen-bond donors (Lipinski definition) is 0. The fraction of sp³-hybridized carbons (Fsp3) is 0.286. The number of carbonyl (C=O) groups excluding carboxylic acids is 1. The topological polar surface area (TPSA) is 46.3 Å². The number of aromatic nitrogens is 1. The van der Waals surface area contributed by atoms with Crippen LogP contribution in [0.2, 0.25) is 0 Å². The summed E-state index contributed by atoms with van der Waals surface area (Å²) < 4.78 is 5.10. The lowest BCUT2D eigenvalue weighted by atomic mass is 10.1. The van der Waals surface area contributed by atoms with Gasteiger partial charge in [-0.05, 0) is 26.0 Å². The lowest BCUT2D eigenvalue weighted by Crippen LogP contribution is -2.26. The Morgan fingerprint density at radius 1 is 1.33 bits per heavy atom. The van der Waals surface area contributed by atoms with Crippen LogP contribution in [0.5, 0.6) is 0 Å². The van der Waals surface area contributed by atoms with Crippen LogP contribution in [0.15, 0.2) is 34.9 Å². The van der Waals surface area contributed by atoms with Crippen LogP contribution in [0.1, 0.15) is 27.4 Å². The standard InChI is InChI=1S/C14H16N2O2/c1-10-5-4-6-12(7-10)14(17)16(3)9-13-8-11(2)15-18-13/h4-8H,9H2,1-3H3. The van der Waals surface area contributed by atoms with E-state index in [0.717, 1.165) is 11.3 Å². The van der Waals surface area contributed by atoms with E-state index in [1.54, 1.807) is 11.9 Å². The van der Waals surface area contributed by atoms with E-state index in [-0.39, 0.29) is 5.91 Å². The van der Waals surface area contributed by atoms with Gasteiger partial charge in [0.25, 0.3) is 5.91 Å². The van der Waals surface area contributed by atoms with Crippen molar-refractivity contribution in [3.8, 4) is 0 Å². The highest BCUT2D eigenvalue weighted by atomic mass is 16.5. The molecule has 0 saturated heterocycles. The first-order valence-electron chi connectivity index (χ1n) is 5.80. The van der Waals surface area contributed by atoms with Gasteiger partial charge >= 0.3 is 0 Å². The SMILES string of the molecule is Cc1cccc(C(=O)N(C)Cc2cc(C)no2)c1. The first kappa shape index (κ1) is 12.4. The Morgan fingerprint density at radius 2 is 2.11 bits per heavy atom. The number of amides is 1. The van der Waals surface area contributed by atoms with E-state index in [0.29, 0.717) is 17.9 Å². The fourth-order valence-corrected chi connectivity index (χ4v) is 1.79. The molecule has 0 unspecified atom stereocenters. The molecule has 2 rings (SSSR count). The van der Waals surface area contributed by atoms with Crippen molar-refractivity contribution in [1.29, 1.82) is 0 Å². The number of aryl methyl sites for hydroxylation is 2. The second kappa shape index (κ2) is 5.04. The number of rotatable bonds is 3. The first-order chi connectivity index (χ1) is 8.56. The summed E-state index contributed by atoms with van der Waals surface area (Å²) in [5, 5.41) is 3.80. The molecule has 0 N–H and O–H groups in total. The zero-order chi connectivity index (χ0) is 13.1. The maximum absolute atomic E-state index is 12.2. The minimum Gasteiger partial charge on any atom is -0.359 e. The third-order valence-electron chi connectivity index (χ3n) is 2.68. The molecule has 94 valence electrons. The van der Waals surface area contributed by atoms with Gasteiger partial charge in [-0.3, -0.25) is 4.79 Å². The zero-order valence-corrected chi connectivity index (χ0v) is 10.8. The molecule has 2 aromatic rings. The predicted octanol–water partition coefficient (Wildman–Crippen LogP) is 2.56. The van der Waals surface area contributed by atoms with E-state index in [9.17, 15) is 4.79 Å². The van der Waals surface area contributed by atoms with Crippen molar-refractivity contribution < 1.29 is 9.32 Å². The van der Waals surface area contributed by atoms with Crippen molar-refractivity contribution >= 4 is 5.91 Å². The van der Waals surface area contributed by atoms with Crippen LogP contribution >= 0.6 is 0 Å². The average Bonchev–Trinajstić information content (AvgIpc) is 2.73. The van der Waals surface area contributed by atoms with E-state index < -0.39 is 0 Å². The van der Waals surface area contributed by atoms with Crippen molar-refractivity contribution in [3.05, 3.63) is 52.9 Å². The molecule has 0 saturated carbocycles. The molecule has 1 aromatic heterocycles. The second-order valence-corrected chi connectivity index (χ2v) is 4.47. The second-order valence-electron chi connectivity index (χ2n) is 4.47. The largest absolute Gasteiger partial charge is 0.359 e. The minimum atomic E-state index is -0.0206. The van der Waals surface area contributed by atoms with Gasteiger partial charge < -0.3 is 9.42 Å². The highest BCUT2D eigenvalue weighted by molar-refractivity contribution is 5.94. The van der Waals surface area contributed by atoms with E-state index in [4.69, 9.17) is 4.52 Å². The van der Waals surface area contributed by atoms with Crippen LogP contribution in [0.3, 0.4) is 0 Å². The zero-order valence-electron chi connectivity index (χ0n) is 10.8. The predicted molar refractivity (Wildman–Crippen MR) is 68.2 cm³/mol. The molecule has 0 aliphatic heterocycles. The average molecular weight is 244 g/mol. The molecule has 0 radical (unpaired) electrons. The van der Waals surface area contributed by atoms with Crippen molar-refractivity contribution in [2.45, 2.75) is 20.4 Å². The quantitative estimate of drug-likeness (QED) is 0.833. The molecule has 0 atom stereocenters. The molecular formula is C14H16N2O2. The summed E-state index contributed by atoms with van der Waals surface area (Å²) in [7, 11) is 1.75. The molecule has 0 aliphatic rings. The Balaban J connectivity index is 2.09. The molecule has 18 heavy (non-hydrogen) atoms. The molecule has 0 spiro atoms. The van der Waals surface area contributed by atoms with Crippen molar-refractivity contribution in [3.63, 3.8) is 0 Å². The van der Waals surface area contributed by atoms with Gasteiger partial charge in [0, 0.05) is 18.7 Å². The van der Waals surface area contributed by atoms with E-state index >= 15 is 0 Å². The van der Waals surface area contributed by atoms with Crippen LogP contribution in [0.25, 0.3) is 0 Å². The van der Waals surface area contributed by atoms with Crippen molar-refractivity contribution in [2.24, 2.45) is 0 Å². The van der Waals surface area contributed by atoms with Crippen molar-refractivity contribution in [1.82, 2.24) is 10.1 Å². The van der Waals surface area contributed by atoms with E-state index in [2.05, 4.69) is 5.16 Å². The lowest BCUT2D eigenvalue weighted by molar-refractivity contribution is 0.0772. The summed E-state index contributed by atoms with van der Waals surface area (Å²) in [5.74, 6) is 0.670. The maximum atomic E-state index is 12.2. The number of nitrogens with zero attached hydrogens (tertiary/aromatic N) is 2. The van der Waals surface area contributed by atoms with Gasteiger partial charge in [0.2, 0.25) is 0 Å². The van der Waals surface area contributed by atoms with Gasteiger partial charge in [-0.1, -0.05) is 22.9 Å². The molecule has 0 aliphatic carbocycles. The fourth-order valence-electron chi connectivity index (χ4n) is 1.79. The summed E-state index contributed by atoms with van der Waals surface area (Å²) in [4.78, 5) is 13.8. The van der Waals surface area contributed by atoms with Crippen LogP contribution in [0, 0.1) is 13.8 Å². The minimum absolute atomic E-state index is 0.0206. The maximum Gasteiger partial charge on any atom is 0.254 e. The summed E-state index contributed by atoms with van der Waals surface area (Å²) in [6.07, 6.45) is 0. The van der Waals surface area contributed by atoms with Gasteiger partial charge in [0.1, 0.15) is 0 Å². The van der Waals surface area contributed by atoms with Gasteiger partial charge in [-0.15, -0.1) is 0 Å². The number of carbonyl (C=O) groups is 1. The van der Waals surface area contributed by atoms with Crippen LogP contribution < -0.4 is 0 Å². The van der Waals surface area contributed by atoms with Crippen LogP contribution in [-0.2, 0) is 6.54 Å². The van der Waals surface area contributed by atoms with Gasteiger partial charge in [-0.25, -0.2) is 0 Å². The lowest BCUT2D eigenvalue weighted by Gasteiger charge is -2.15. The third kappa shape index (κ3) is 2.77. The Morgan fingerprint density at radius 3 is 2.72 bits per heavy atom. The van der Waals surface area contributed by atoms with Gasteiger partial charge in [0.05, 0.1) is 12.2 Å². The highest BCUT2D eigenvalue weighted by Crippen LogP contribution is 2.10. The molecule has 1 aromatic carbocycles. The first-order valence-corrected chi connectivity index (χ1v) is 5.80. The summed E-state index contributed by atoms with van der Waals surface area (Å²) in [6, 6.07) is 9.38. The Labute approximate surface area is 106 Å². The molecular weight excluding hydrogens is 228 g/mol. The molecule has 0 bridgehead atoms. The third-order valence-corrected chi connectivity index (χ3v) is 2.68. The van der Waals surface area contributed by atoms with Crippen molar-refractivity contribution in [2.75, 3.05) is 7.05 Å². The van der Waals surface area contributed by atoms with E-state index in [1.165, 1.54) is 0 Å².